The van der Waals surface area contributed by atoms with E-state index in [1.54, 1.807) is 30.3 Å². The molecule has 0 radical (unpaired) electrons. The van der Waals surface area contributed by atoms with Gasteiger partial charge in [-0.3, -0.25) is 0 Å². The predicted molar refractivity (Wildman–Crippen MR) is 72.8 cm³/mol. The summed E-state index contributed by atoms with van der Waals surface area (Å²) in [5.41, 5.74) is 0.646. The first-order chi connectivity index (χ1) is 10.8. The van der Waals surface area contributed by atoms with Crippen LogP contribution in [0, 0.1) is 0 Å². The molecule has 1 aromatic carbocycles. The summed E-state index contributed by atoms with van der Waals surface area (Å²) in [7, 11) is 0.922. The second-order valence-electron chi connectivity index (χ2n) is 4.50. The van der Waals surface area contributed by atoms with E-state index in [0.717, 1.165) is 7.11 Å². The molecule has 0 aliphatic heterocycles. The van der Waals surface area contributed by atoms with Gasteiger partial charge in [0.05, 0.1) is 13.5 Å². The van der Waals surface area contributed by atoms with Crippen LogP contribution in [0.2, 0.25) is 0 Å². The van der Waals surface area contributed by atoms with Crippen LogP contribution in [0.5, 0.6) is 0 Å². The van der Waals surface area contributed by atoms with Crippen molar-refractivity contribution in [2.24, 2.45) is 0 Å². The van der Waals surface area contributed by atoms with Crippen molar-refractivity contribution >= 4 is 18.0 Å². The molecular weight excluding hydrogens is 316 g/mol. The van der Waals surface area contributed by atoms with Crippen LogP contribution in [-0.4, -0.2) is 42.2 Å². The molecule has 126 valence electrons. The monoisotopic (exact) mass is 331 g/mol. The number of hydrogen-bond donors (Lipinski definition) is 2. The molecule has 0 aliphatic rings. The number of carbonyl (C=O) groups excluding carboxylic acids is 2. The topological polar surface area (TPSA) is 102 Å². The third-order valence-corrected chi connectivity index (χ3v) is 2.76. The van der Waals surface area contributed by atoms with Crippen molar-refractivity contribution in [2.75, 3.05) is 7.11 Å². The fourth-order valence-corrected chi connectivity index (χ4v) is 1.59. The van der Waals surface area contributed by atoms with Crippen LogP contribution in [0.1, 0.15) is 12.0 Å². The Bertz CT molecular complexity index is 564. The Labute approximate surface area is 130 Å². The number of alkyl carbamates (subject to hydrolysis) is 1. The Morgan fingerprint density at radius 3 is 2.39 bits per heavy atom. The molecule has 9 heteroatoms. The third-order valence-electron chi connectivity index (χ3n) is 2.76. The molecule has 1 unspecified atom stereocenters. The quantitative estimate of drug-likeness (QED) is 0.735. The van der Waals surface area contributed by atoms with E-state index in [1.165, 1.54) is 0 Å². The Morgan fingerprint density at radius 1 is 1.26 bits per heavy atom. The molecule has 1 rings (SSSR count). The number of alkyl halides is 2. The van der Waals surface area contributed by atoms with Gasteiger partial charge < -0.3 is 19.9 Å². The number of carbonyl (C=O) groups is 3. The molecule has 0 saturated heterocycles. The lowest BCUT2D eigenvalue weighted by Crippen LogP contribution is -2.47. The van der Waals surface area contributed by atoms with E-state index < -0.39 is 36.4 Å². The fourth-order valence-electron chi connectivity index (χ4n) is 1.59. The van der Waals surface area contributed by atoms with Gasteiger partial charge in [-0.15, -0.1) is 0 Å². The molecule has 2 N–H and O–H groups in total. The number of carboxylic acid groups (broad SMARTS) is 1. The van der Waals surface area contributed by atoms with Crippen molar-refractivity contribution in [2.45, 2.75) is 25.0 Å². The Balaban J connectivity index is 2.64. The number of esters is 1. The van der Waals surface area contributed by atoms with Crippen molar-refractivity contribution in [3.05, 3.63) is 35.9 Å². The zero-order chi connectivity index (χ0) is 17.5. The number of aliphatic carboxylic acids is 1. The molecule has 1 atom stereocenters. The van der Waals surface area contributed by atoms with Gasteiger partial charge in [0.1, 0.15) is 12.6 Å². The first-order valence-corrected chi connectivity index (χ1v) is 6.42. The average molecular weight is 331 g/mol. The maximum Gasteiger partial charge on any atom is 0.408 e. The summed E-state index contributed by atoms with van der Waals surface area (Å²) < 4.78 is 35.4. The minimum absolute atomic E-state index is 0.143. The summed E-state index contributed by atoms with van der Waals surface area (Å²) >= 11 is 0. The van der Waals surface area contributed by atoms with Crippen molar-refractivity contribution in [3.8, 4) is 0 Å². The second-order valence-corrected chi connectivity index (χ2v) is 4.50. The number of rotatable bonds is 7. The fraction of sp³-hybridized carbons (Fsp3) is 0.357. The van der Waals surface area contributed by atoms with Gasteiger partial charge >= 0.3 is 24.0 Å². The lowest BCUT2D eigenvalue weighted by Gasteiger charge is -2.19. The average Bonchev–Trinajstić information content (AvgIpc) is 2.52. The SMILES string of the molecule is COC(=O)C(CC(F)(F)C(=O)O)NC(=O)OCc1ccccc1. The molecule has 7 nitrogen and oxygen atoms in total. The van der Waals surface area contributed by atoms with Crippen molar-refractivity contribution in [1.82, 2.24) is 5.32 Å². The smallest absolute Gasteiger partial charge is 0.408 e. The number of halogens is 2. The number of benzene rings is 1. The van der Waals surface area contributed by atoms with E-state index in [9.17, 15) is 23.2 Å². The number of ether oxygens (including phenoxy) is 2. The molecule has 0 spiro atoms. The maximum absolute atomic E-state index is 13.2. The van der Waals surface area contributed by atoms with Gasteiger partial charge in [0.15, 0.2) is 0 Å². The van der Waals surface area contributed by atoms with E-state index in [-0.39, 0.29) is 6.61 Å². The summed E-state index contributed by atoms with van der Waals surface area (Å²) in [6, 6.07) is 6.66. The second kappa shape index (κ2) is 8.06. The highest BCUT2D eigenvalue weighted by Gasteiger charge is 2.44. The largest absolute Gasteiger partial charge is 0.477 e. The first kappa shape index (κ1) is 18.3. The van der Waals surface area contributed by atoms with Crippen LogP contribution in [0.25, 0.3) is 0 Å². The van der Waals surface area contributed by atoms with E-state index in [1.807, 2.05) is 5.32 Å². The summed E-state index contributed by atoms with van der Waals surface area (Å²) in [5.74, 6) is -7.82. The molecular formula is C14H15F2NO6. The number of carboxylic acids is 1. The van der Waals surface area contributed by atoms with Crippen molar-refractivity contribution in [3.63, 3.8) is 0 Å². The zero-order valence-corrected chi connectivity index (χ0v) is 12.1. The molecule has 1 amide bonds. The molecule has 0 aromatic heterocycles. The van der Waals surface area contributed by atoms with Gasteiger partial charge in [-0.25, -0.2) is 14.4 Å². The van der Waals surface area contributed by atoms with Gasteiger partial charge in [0.2, 0.25) is 0 Å². The number of hydrogen-bond acceptors (Lipinski definition) is 5. The summed E-state index contributed by atoms with van der Waals surface area (Å²) in [6.45, 7) is -0.143. The summed E-state index contributed by atoms with van der Waals surface area (Å²) in [6.07, 6.45) is -2.60. The van der Waals surface area contributed by atoms with E-state index in [4.69, 9.17) is 9.84 Å². The highest BCUT2D eigenvalue weighted by atomic mass is 19.3. The number of amides is 1. The van der Waals surface area contributed by atoms with Gasteiger partial charge in [0.25, 0.3) is 0 Å². The normalized spacial score (nSPS) is 12.1. The van der Waals surface area contributed by atoms with E-state index in [2.05, 4.69) is 4.74 Å². The number of methoxy groups -OCH3 is 1. The van der Waals surface area contributed by atoms with Gasteiger partial charge in [-0.2, -0.15) is 8.78 Å². The molecule has 23 heavy (non-hydrogen) atoms. The Kier molecular flexibility index (Phi) is 6.43. The summed E-state index contributed by atoms with van der Waals surface area (Å²) in [4.78, 5) is 33.4. The van der Waals surface area contributed by atoms with Crippen LogP contribution in [0.4, 0.5) is 13.6 Å². The summed E-state index contributed by atoms with van der Waals surface area (Å²) in [5, 5.41) is 10.3. The van der Waals surface area contributed by atoms with Crippen LogP contribution in [-0.2, 0) is 25.7 Å². The van der Waals surface area contributed by atoms with Gasteiger partial charge in [-0.1, -0.05) is 30.3 Å². The standard InChI is InChI=1S/C14H15F2NO6/c1-22-11(18)10(7-14(15,16)12(19)20)17-13(21)23-8-9-5-3-2-4-6-9/h2-6,10H,7-8H2,1H3,(H,17,21)(H,19,20). The highest BCUT2D eigenvalue weighted by Crippen LogP contribution is 2.21. The molecule has 0 saturated carbocycles. The van der Waals surface area contributed by atoms with Gasteiger partial charge in [-0.05, 0) is 5.56 Å². The third kappa shape index (κ3) is 5.89. The molecule has 0 fully saturated rings. The Morgan fingerprint density at radius 2 is 1.87 bits per heavy atom. The molecule has 0 bridgehead atoms. The first-order valence-electron chi connectivity index (χ1n) is 6.42. The predicted octanol–water partition coefficient (Wildman–Crippen LogP) is 1.56. The zero-order valence-electron chi connectivity index (χ0n) is 12.1. The van der Waals surface area contributed by atoms with Crippen LogP contribution >= 0.6 is 0 Å². The minimum Gasteiger partial charge on any atom is -0.477 e. The van der Waals surface area contributed by atoms with Crippen LogP contribution < -0.4 is 5.32 Å². The highest BCUT2D eigenvalue weighted by molar-refractivity contribution is 5.83. The van der Waals surface area contributed by atoms with Crippen molar-refractivity contribution < 1.29 is 37.7 Å². The van der Waals surface area contributed by atoms with Crippen LogP contribution in [0.3, 0.4) is 0 Å². The maximum atomic E-state index is 13.2. The lowest BCUT2D eigenvalue weighted by atomic mass is 10.1. The van der Waals surface area contributed by atoms with E-state index >= 15 is 0 Å². The van der Waals surface area contributed by atoms with Crippen molar-refractivity contribution in [1.29, 1.82) is 0 Å². The number of nitrogens with one attached hydrogen (secondary N) is 1. The molecule has 0 heterocycles. The molecule has 1 aromatic rings. The van der Waals surface area contributed by atoms with E-state index in [0.29, 0.717) is 5.56 Å². The van der Waals surface area contributed by atoms with Crippen LogP contribution in [0.15, 0.2) is 30.3 Å². The Hall–Kier alpha value is -2.71. The minimum atomic E-state index is -4.20. The van der Waals surface area contributed by atoms with Gasteiger partial charge in [0, 0.05) is 0 Å². The lowest BCUT2D eigenvalue weighted by molar-refractivity contribution is -0.168. The molecule has 0 aliphatic carbocycles.